The Balaban J connectivity index is 2.41. The van der Waals surface area contributed by atoms with Crippen molar-refractivity contribution < 1.29 is 14.6 Å². The third-order valence-electron chi connectivity index (χ3n) is 4.31. The summed E-state index contributed by atoms with van der Waals surface area (Å²) in [5.74, 6) is 0.783. The molecule has 0 spiro atoms. The highest BCUT2D eigenvalue weighted by Crippen LogP contribution is 2.47. The van der Waals surface area contributed by atoms with Crippen LogP contribution in [0.25, 0.3) is 0 Å². The van der Waals surface area contributed by atoms with Gasteiger partial charge in [0.1, 0.15) is 11.9 Å². The lowest BCUT2D eigenvalue weighted by Crippen LogP contribution is -2.45. The van der Waals surface area contributed by atoms with Gasteiger partial charge in [0, 0.05) is 12.7 Å². The first kappa shape index (κ1) is 13.4. The molecule has 1 fully saturated rings. The van der Waals surface area contributed by atoms with Crippen LogP contribution < -0.4 is 4.74 Å². The SMILES string of the molecule is COc1c(C(O)C2(OC)CCC2)ccc(C)c1C. The largest absolute Gasteiger partial charge is 0.496 e. The van der Waals surface area contributed by atoms with Crippen LogP contribution in [0.4, 0.5) is 0 Å². The first-order valence-corrected chi connectivity index (χ1v) is 6.43. The molecule has 0 saturated heterocycles. The van der Waals surface area contributed by atoms with Gasteiger partial charge in [-0.25, -0.2) is 0 Å². The first-order valence-electron chi connectivity index (χ1n) is 6.43. The van der Waals surface area contributed by atoms with Crippen molar-refractivity contribution in [2.45, 2.75) is 44.8 Å². The summed E-state index contributed by atoms with van der Waals surface area (Å²) in [5, 5.41) is 10.6. The number of aliphatic hydroxyl groups excluding tert-OH is 1. The quantitative estimate of drug-likeness (QED) is 0.893. The number of rotatable bonds is 4. The number of methoxy groups -OCH3 is 2. The molecule has 2 rings (SSSR count). The number of ether oxygens (including phenoxy) is 2. The van der Waals surface area contributed by atoms with E-state index in [-0.39, 0.29) is 0 Å². The second-order valence-electron chi connectivity index (χ2n) is 5.15. The summed E-state index contributed by atoms with van der Waals surface area (Å²) in [7, 11) is 3.33. The summed E-state index contributed by atoms with van der Waals surface area (Å²) in [6, 6.07) is 3.98. The minimum atomic E-state index is -0.620. The van der Waals surface area contributed by atoms with Crippen LogP contribution >= 0.6 is 0 Å². The van der Waals surface area contributed by atoms with Crippen LogP contribution in [-0.4, -0.2) is 24.9 Å². The van der Waals surface area contributed by atoms with Gasteiger partial charge in [-0.15, -0.1) is 0 Å². The monoisotopic (exact) mass is 250 g/mol. The number of hydrogen-bond donors (Lipinski definition) is 1. The number of benzene rings is 1. The van der Waals surface area contributed by atoms with Crippen molar-refractivity contribution in [3.05, 3.63) is 28.8 Å². The maximum Gasteiger partial charge on any atom is 0.127 e. The van der Waals surface area contributed by atoms with Crippen molar-refractivity contribution in [3.63, 3.8) is 0 Å². The molecule has 1 aliphatic carbocycles. The number of aryl methyl sites for hydroxylation is 1. The normalized spacial score (nSPS) is 19.2. The summed E-state index contributed by atoms with van der Waals surface area (Å²) < 4.78 is 11.0. The van der Waals surface area contributed by atoms with Crippen molar-refractivity contribution in [1.29, 1.82) is 0 Å². The van der Waals surface area contributed by atoms with E-state index >= 15 is 0 Å². The predicted molar refractivity (Wildman–Crippen MR) is 71.0 cm³/mol. The van der Waals surface area contributed by atoms with Gasteiger partial charge in [-0.3, -0.25) is 0 Å². The fourth-order valence-corrected chi connectivity index (χ4v) is 2.70. The van der Waals surface area contributed by atoms with Crippen LogP contribution in [0.2, 0.25) is 0 Å². The Morgan fingerprint density at radius 3 is 2.33 bits per heavy atom. The average Bonchev–Trinajstić information content (AvgIpc) is 2.31. The Morgan fingerprint density at radius 2 is 1.89 bits per heavy atom. The maximum atomic E-state index is 10.6. The summed E-state index contributed by atoms with van der Waals surface area (Å²) in [5.41, 5.74) is 2.67. The van der Waals surface area contributed by atoms with E-state index in [0.29, 0.717) is 0 Å². The summed E-state index contributed by atoms with van der Waals surface area (Å²) in [6.45, 7) is 4.06. The van der Waals surface area contributed by atoms with Gasteiger partial charge in [0.05, 0.1) is 12.7 Å². The molecule has 100 valence electrons. The Morgan fingerprint density at radius 1 is 1.22 bits per heavy atom. The molecule has 1 unspecified atom stereocenters. The molecule has 0 aromatic heterocycles. The van der Waals surface area contributed by atoms with Crippen molar-refractivity contribution in [2.24, 2.45) is 0 Å². The molecule has 3 heteroatoms. The third-order valence-corrected chi connectivity index (χ3v) is 4.31. The summed E-state index contributed by atoms with van der Waals surface area (Å²) in [6.07, 6.45) is 2.30. The van der Waals surface area contributed by atoms with Crippen molar-refractivity contribution >= 4 is 0 Å². The van der Waals surface area contributed by atoms with Crippen LogP contribution in [0.15, 0.2) is 12.1 Å². The van der Waals surface area contributed by atoms with Crippen molar-refractivity contribution in [3.8, 4) is 5.75 Å². The van der Waals surface area contributed by atoms with Crippen LogP contribution in [0.5, 0.6) is 5.75 Å². The van der Waals surface area contributed by atoms with Gasteiger partial charge in [0.15, 0.2) is 0 Å². The van der Waals surface area contributed by atoms with Gasteiger partial charge in [0.25, 0.3) is 0 Å². The van der Waals surface area contributed by atoms with E-state index < -0.39 is 11.7 Å². The summed E-state index contributed by atoms with van der Waals surface area (Å²) in [4.78, 5) is 0. The summed E-state index contributed by atoms with van der Waals surface area (Å²) >= 11 is 0. The highest BCUT2D eigenvalue weighted by atomic mass is 16.5. The highest BCUT2D eigenvalue weighted by molar-refractivity contribution is 5.47. The molecule has 0 bridgehead atoms. The van der Waals surface area contributed by atoms with Gasteiger partial charge in [-0.2, -0.15) is 0 Å². The molecule has 1 atom stereocenters. The predicted octanol–water partition coefficient (Wildman–Crippen LogP) is 2.91. The van der Waals surface area contributed by atoms with E-state index in [9.17, 15) is 5.11 Å². The average molecular weight is 250 g/mol. The van der Waals surface area contributed by atoms with Crippen LogP contribution in [-0.2, 0) is 4.74 Å². The molecule has 1 saturated carbocycles. The van der Waals surface area contributed by atoms with E-state index in [2.05, 4.69) is 0 Å². The second kappa shape index (κ2) is 4.90. The molecule has 0 heterocycles. The van der Waals surface area contributed by atoms with E-state index in [1.807, 2.05) is 26.0 Å². The lowest BCUT2D eigenvalue weighted by atomic mass is 9.73. The van der Waals surface area contributed by atoms with Crippen molar-refractivity contribution in [1.82, 2.24) is 0 Å². The van der Waals surface area contributed by atoms with E-state index in [1.54, 1.807) is 14.2 Å². The molecule has 1 aromatic carbocycles. The zero-order chi connectivity index (χ0) is 13.3. The fourth-order valence-electron chi connectivity index (χ4n) is 2.70. The molecule has 3 nitrogen and oxygen atoms in total. The van der Waals surface area contributed by atoms with Gasteiger partial charge >= 0.3 is 0 Å². The Labute approximate surface area is 109 Å². The smallest absolute Gasteiger partial charge is 0.127 e. The number of aliphatic hydroxyl groups is 1. The second-order valence-corrected chi connectivity index (χ2v) is 5.15. The van der Waals surface area contributed by atoms with Gasteiger partial charge in [-0.05, 0) is 44.2 Å². The minimum absolute atomic E-state index is 0.422. The van der Waals surface area contributed by atoms with E-state index in [0.717, 1.165) is 36.1 Å². The number of hydrogen-bond acceptors (Lipinski definition) is 3. The minimum Gasteiger partial charge on any atom is -0.496 e. The Kier molecular flexibility index (Phi) is 3.64. The molecule has 0 amide bonds. The van der Waals surface area contributed by atoms with Crippen LogP contribution in [0.1, 0.15) is 42.1 Å². The van der Waals surface area contributed by atoms with Gasteiger partial charge in [-0.1, -0.05) is 12.1 Å². The topological polar surface area (TPSA) is 38.7 Å². The molecule has 18 heavy (non-hydrogen) atoms. The molecule has 1 aliphatic rings. The molecule has 1 aromatic rings. The van der Waals surface area contributed by atoms with E-state index in [4.69, 9.17) is 9.47 Å². The third kappa shape index (κ3) is 1.91. The maximum absolute atomic E-state index is 10.6. The first-order chi connectivity index (χ1) is 8.55. The lowest BCUT2D eigenvalue weighted by molar-refractivity contribution is -0.152. The lowest BCUT2D eigenvalue weighted by Gasteiger charge is -2.44. The highest BCUT2D eigenvalue weighted by Gasteiger charge is 2.45. The molecular weight excluding hydrogens is 228 g/mol. The van der Waals surface area contributed by atoms with Crippen molar-refractivity contribution in [2.75, 3.05) is 14.2 Å². The van der Waals surface area contributed by atoms with Crippen LogP contribution in [0, 0.1) is 13.8 Å². The fraction of sp³-hybridized carbons (Fsp3) is 0.600. The zero-order valence-corrected chi connectivity index (χ0v) is 11.6. The molecule has 0 aliphatic heterocycles. The van der Waals surface area contributed by atoms with E-state index in [1.165, 1.54) is 5.56 Å². The molecular formula is C15H22O3. The zero-order valence-electron chi connectivity index (χ0n) is 11.6. The van der Waals surface area contributed by atoms with Crippen LogP contribution in [0.3, 0.4) is 0 Å². The van der Waals surface area contributed by atoms with Gasteiger partial charge < -0.3 is 14.6 Å². The Bertz CT molecular complexity index is 430. The standard InChI is InChI=1S/C15H22O3/c1-10-6-7-12(13(17-3)11(10)2)14(16)15(18-4)8-5-9-15/h6-7,14,16H,5,8-9H2,1-4H3. The molecule has 1 N–H and O–H groups in total. The Hall–Kier alpha value is -1.06. The molecule has 0 radical (unpaired) electrons. The van der Waals surface area contributed by atoms with Gasteiger partial charge in [0.2, 0.25) is 0 Å².